The van der Waals surface area contributed by atoms with Crippen LogP contribution in [0.2, 0.25) is 0 Å². The molecule has 0 radical (unpaired) electrons. The fourth-order valence-corrected chi connectivity index (χ4v) is 2.12. The normalized spacial score (nSPS) is 19.8. The van der Waals surface area contributed by atoms with Crippen LogP contribution in [0, 0.1) is 5.82 Å². The summed E-state index contributed by atoms with van der Waals surface area (Å²) in [7, 11) is 3.05. The van der Waals surface area contributed by atoms with E-state index in [1.165, 1.54) is 13.2 Å². The second-order valence-corrected chi connectivity index (χ2v) is 3.92. The highest BCUT2D eigenvalue weighted by atomic mass is 19.1. The summed E-state index contributed by atoms with van der Waals surface area (Å²) < 4.78 is 23.8. The summed E-state index contributed by atoms with van der Waals surface area (Å²) in [5.74, 6) is 0.930. The fraction of sp³-hybridized carbons (Fsp3) is 0.500. The molecule has 1 aromatic carbocycles. The van der Waals surface area contributed by atoms with Crippen LogP contribution in [-0.2, 0) is 0 Å². The molecule has 1 fully saturated rings. The van der Waals surface area contributed by atoms with Gasteiger partial charge in [0, 0.05) is 24.1 Å². The van der Waals surface area contributed by atoms with Crippen molar-refractivity contribution in [3.05, 3.63) is 23.5 Å². The second-order valence-electron chi connectivity index (χ2n) is 3.92. The van der Waals surface area contributed by atoms with E-state index in [-0.39, 0.29) is 11.6 Å². The Kier molecular flexibility index (Phi) is 3.29. The summed E-state index contributed by atoms with van der Waals surface area (Å²) in [6, 6.07) is 3.14. The number of benzene rings is 1. The third-order valence-corrected chi connectivity index (χ3v) is 3.00. The largest absolute Gasteiger partial charge is 0.496 e. The van der Waals surface area contributed by atoms with Gasteiger partial charge in [0.1, 0.15) is 5.75 Å². The molecule has 0 bridgehead atoms. The molecular weight excluding hydrogens is 209 g/mol. The summed E-state index contributed by atoms with van der Waals surface area (Å²) >= 11 is 0. The lowest BCUT2D eigenvalue weighted by molar-refractivity contribution is 0.370. The molecule has 2 rings (SSSR count). The summed E-state index contributed by atoms with van der Waals surface area (Å²) in [6.07, 6.45) is 1.02. The molecule has 88 valence electrons. The molecule has 1 aromatic rings. The zero-order valence-corrected chi connectivity index (χ0v) is 9.55. The third-order valence-electron chi connectivity index (χ3n) is 3.00. The zero-order valence-electron chi connectivity index (χ0n) is 9.55. The first-order valence-electron chi connectivity index (χ1n) is 5.38. The monoisotopic (exact) mass is 225 g/mol. The van der Waals surface area contributed by atoms with Crippen molar-refractivity contribution in [2.45, 2.75) is 12.3 Å². The highest BCUT2D eigenvalue weighted by Crippen LogP contribution is 2.35. The van der Waals surface area contributed by atoms with Gasteiger partial charge in [-0.15, -0.1) is 0 Å². The SMILES string of the molecule is COc1cc(OC)c(C2CCNC2)cc1F. The number of hydrogen-bond donors (Lipinski definition) is 1. The van der Waals surface area contributed by atoms with Crippen molar-refractivity contribution in [2.24, 2.45) is 0 Å². The number of rotatable bonds is 3. The van der Waals surface area contributed by atoms with E-state index in [9.17, 15) is 4.39 Å². The number of halogens is 1. The minimum atomic E-state index is -0.329. The average Bonchev–Trinajstić information content (AvgIpc) is 2.82. The van der Waals surface area contributed by atoms with Gasteiger partial charge in [0.05, 0.1) is 14.2 Å². The lowest BCUT2D eigenvalue weighted by Gasteiger charge is -2.15. The Morgan fingerprint density at radius 3 is 2.56 bits per heavy atom. The van der Waals surface area contributed by atoms with Crippen molar-refractivity contribution in [3.8, 4) is 11.5 Å². The molecule has 1 saturated heterocycles. The van der Waals surface area contributed by atoms with Crippen LogP contribution >= 0.6 is 0 Å². The van der Waals surface area contributed by atoms with Gasteiger partial charge in [-0.05, 0) is 19.0 Å². The molecule has 4 heteroatoms. The van der Waals surface area contributed by atoms with Gasteiger partial charge in [-0.1, -0.05) is 0 Å². The van der Waals surface area contributed by atoms with Crippen LogP contribution in [0.3, 0.4) is 0 Å². The highest BCUT2D eigenvalue weighted by molar-refractivity contribution is 5.44. The maximum atomic E-state index is 13.6. The van der Waals surface area contributed by atoms with Crippen molar-refractivity contribution >= 4 is 0 Å². The van der Waals surface area contributed by atoms with Crippen molar-refractivity contribution in [1.82, 2.24) is 5.32 Å². The minimum absolute atomic E-state index is 0.228. The van der Waals surface area contributed by atoms with Gasteiger partial charge in [0.2, 0.25) is 0 Å². The van der Waals surface area contributed by atoms with Crippen LogP contribution in [0.25, 0.3) is 0 Å². The number of nitrogens with one attached hydrogen (secondary N) is 1. The van der Waals surface area contributed by atoms with Gasteiger partial charge >= 0.3 is 0 Å². The summed E-state index contributed by atoms with van der Waals surface area (Å²) in [6.45, 7) is 1.85. The van der Waals surface area contributed by atoms with Gasteiger partial charge in [0.15, 0.2) is 11.6 Å². The van der Waals surface area contributed by atoms with Crippen molar-refractivity contribution < 1.29 is 13.9 Å². The maximum absolute atomic E-state index is 13.6. The van der Waals surface area contributed by atoms with Crippen molar-refractivity contribution in [2.75, 3.05) is 27.3 Å². The number of hydrogen-bond acceptors (Lipinski definition) is 3. The molecule has 1 unspecified atom stereocenters. The smallest absolute Gasteiger partial charge is 0.165 e. The number of methoxy groups -OCH3 is 2. The van der Waals surface area contributed by atoms with Gasteiger partial charge < -0.3 is 14.8 Å². The lowest BCUT2D eigenvalue weighted by atomic mass is 9.97. The molecule has 0 spiro atoms. The van der Waals surface area contributed by atoms with Crippen molar-refractivity contribution in [3.63, 3.8) is 0 Å². The first-order chi connectivity index (χ1) is 7.76. The van der Waals surface area contributed by atoms with Crippen LogP contribution < -0.4 is 14.8 Å². The van der Waals surface area contributed by atoms with Crippen LogP contribution in [-0.4, -0.2) is 27.3 Å². The Bertz CT molecular complexity index is 376. The van der Waals surface area contributed by atoms with Crippen LogP contribution in [0.1, 0.15) is 17.9 Å². The van der Waals surface area contributed by atoms with E-state index in [1.54, 1.807) is 13.2 Å². The van der Waals surface area contributed by atoms with E-state index < -0.39 is 0 Å². The average molecular weight is 225 g/mol. The third kappa shape index (κ3) is 1.97. The molecule has 0 amide bonds. The lowest BCUT2D eigenvalue weighted by Crippen LogP contribution is -2.09. The van der Waals surface area contributed by atoms with E-state index in [0.717, 1.165) is 25.1 Å². The molecule has 0 aliphatic carbocycles. The molecule has 1 heterocycles. The summed E-state index contributed by atoms with van der Waals surface area (Å²) in [5, 5.41) is 3.26. The summed E-state index contributed by atoms with van der Waals surface area (Å²) in [5.41, 5.74) is 0.922. The number of ether oxygens (including phenoxy) is 2. The van der Waals surface area contributed by atoms with Gasteiger partial charge in [0.25, 0.3) is 0 Å². The predicted molar refractivity (Wildman–Crippen MR) is 59.7 cm³/mol. The van der Waals surface area contributed by atoms with Gasteiger partial charge in [-0.2, -0.15) is 0 Å². The summed E-state index contributed by atoms with van der Waals surface area (Å²) in [4.78, 5) is 0. The first-order valence-corrected chi connectivity index (χ1v) is 5.38. The molecule has 0 aromatic heterocycles. The molecule has 16 heavy (non-hydrogen) atoms. The van der Waals surface area contributed by atoms with Crippen LogP contribution in [0.5, 0.6) is 11.5 Å². The quantitative estimate of drug-likeness (QED) is 0.852. The van der Waals surface area contributed by atoms with E-state index in [1.807, 2.05) is 0 Å². The Balaban J connectivity index is 2.39. The van der Waals surface area contributed by atoms with Crippen LogP contribution in [0.4, 0.5) is 4.39 Å². The molecule has 1 aliphatic heterocycles. The standard InChI is InChI=1S/C12H16FNO2/c1-15-11-6-12(16-2)10(13)5-9(11)8-3-4-14-7-8/h5-6,8,14H,3-4,7H2,1-2H3. The predicted octanol–water partition coefficient (Wildman–Crippen LogP) is 1.92. The Morgan fingerprint density at radius 1 is 1.25 bits per heavy atom. The zero-order chi connectivity index (χ0) is 11.5. The highest BCUT2D eigenvalue weighted by Gasteiger charge is 2.22. The van der Waals surface area contributed by atoms with Gasteiger partial charge in [-0.3, -0.25) is 0 Å². The molecule has 1 N–H and O–H groups in total. The first kappa shape index (κ1) is 11.2. The topological polar surface area (TPSA) is 30.5 Å². The van der Waals surface area contributed by atoms with Crippen LogP contribution in [0.15, 0.2) is 12.1 Å². The second kappa shape index (κ2) is 4.70. The Labute approximate surface area is 94.6 Å². The fourth-order valence-electron chi connectivity index (χ4n) is 2.12. The molecular formula is C12H16FNO2. The van der Waals surface area contributed by atoms with Gasteiger partial charge in [-0.25, -0.2) is 4.39 Å². The van der Waals surface area contributed by atoms with Crippen molar-refractivity contribution in [1.29, 1.82) is 0 Å². The molecule has 1 aliphatic rings. The Hall–Kier alpha value is -1.29. The maximum Gasteiger partial charge on any atom is 0.165 e. The van der Waals surface area contributed by atoms with E-state index in [0.29, 0.717) is 11.7 Å². The van der Waals surface area contributed by atoms with E-state index in [2.05, 4.69) is 5.32 Å². The molecule has 0 saturated carbocycles. The van der Waals surface area contributed by atoms with E-state index >= 15 is 0 Å². The minimum Gasteiger partial charge on any atom is -0.496 e. The molecule has 1 atom stereocenters. The molecule has 3 nitrogen and oxygen atoms in total. The van der Waals surface area contributed by atoms with E-state index in [4.69, 9.17) is 9.47 Å². The Morgan fingerprint density at radius 2 is 2.00 bits per heavy atom.